The number of hydrogen-bond acceptors (Lipinski definition) is 3. The van der Waals surface area contributed by atoms with E-state index >= 15 is 0 Å². The number of rotatable bonds is 1. The Kier molecular flexibility index (Phi) is 4.33. The molecule has 1 aromatic heterocycles. The quantitative estimate of drug-likeness (QED) is 0.623. The molecule has 0 amide bonds. The van der Waals surface area contributed by atoms with Crippen molar-refractivity contribution >= 4 is 10.8 Å². The van der Waals surface area contributed by atoms with Crippen molar-refractivity contribution in [1.29, 1.82) is 0 Å². The highest BCUT2D eigenvalue weighted by Gasteiger charge is 2.60. The van der Waals surface area contributed by atoms with Gasteiger partial charge in [-0.2, -0.15) is 10.2 Å². The number of fused-ring (bicyclic) bond motifs is 6. The lowest BCUT2D eigenvalue weighted by Crippen LogP contribution is -2.53. The zero-order valence-electron chi connectivity index (χ0n) is 18.6. The van der Waals surface area contributed by atoms with Crippen LogP contribution in [-0.2, 0) is 0 Å². The van der Waals surface area contributed by atoms with Crippen LogP contribution in [-0.4, -0.2) is 21.4 Å². The standard InChI is InChI=1S/C27H36N2O/c1-26-11-9-21(30)14-20(26)5-6-22-24-8-7-23(27(24,2)12-10-25(22)26)17-3-4-18-15-28-29-16-19(18)13-17/h3-4,13,15-16,20-25,30H,5-12,14H2,1-2H3/t20-,21-,22-,23+,24-,25-,26-,27+/m0/s1. The van der Waals surface area contributed by atoms with E-state index in [4.69, 9.17) is 0 Å². The van der Waals surface area contributed by atoms with Crippen molar-refractivity contribution in [3.8, 4) is 0 Å². The Hall–Kier alpha value is -1.48. The average Bonchev–Trinajstić information content (AvgIpc) is 3.11. The topological polar surface area (TPSA) is 46.0 Å². The Morgan fingerprint density at radius 3 is 2.47 bits per heavy atom. The zero-order chi connectivity index (χ0) is 20.5. The highest BCUT2D eigenvalue weighted by molar-refractivity contribution is 5.81. The first-order valence-corrected chi connectivity index (χ1v) is 12.4. The summed E-state index contributed by atoms with van der Waals surface area (Å²) in [5.41, 5.74) is 2.44. The van der Waals surface area contributed by atoms with Crippen LogP contribution in [0.3, 0.4) is 0 Å². The SMILES string of the molecule is C[C@]12CC[C@H](O)C[C@@H]1CC[C@@H]1[C@@H]2CC[C@]2(C)[C@@H](c3ccc4cnncc4c3)CC[C@@H]12. The summed E-state index contributed by atoms with van der Waals surface area (Å²) in [6.07, 6.45) is 15.4. The lowest BCUT2D eigenvalue weighted by atomic mass is 9.44. The molecule has 0 unspecified atom stereocenters. The molecular formula is C27H36N2O. The first kappa shape index (κ1) is 19.2. The van der Waals surface area contributed by atoms with Gasteiger partial charge in [-0.25, -0.2) is 0 Å². The van der Waals surface area contributed by atoms with Gasteiger partial charge in [-0.05, 0) is 110 Å². The van der Waals surface area contributed by atoms with Gasteiger partial charge in [0.05, 0.1) is 18.5 Å². The van der Waals surface area contributed by atoms with Crippen molar-refractivity contribution in [3.05, 3.63) is 36.2 Å². The fourth-order valence-electron chi connectivity index (χ4n) is 9.01. The first-order chi connectivity index (χ1) is 14.5. The minimum Gasteiger partial charge on any atom is -0.393 e. The monoisotopic (exact) mass is 404 g/mol. The second-order valence-electron chi connectivity index (χ2n) is 11.6. The molecule has 0 radical (unpaired) electrons. The van der Waals surface area contributed by atoms with E-state index in [1.54, 1.807) is 0 Å². The minimum atomic E-state index is -0.0399. The average molecular weight is 405 g/mol. The van der Waals surface area contributed by atoms with E-state index in [9.17, 15) is 5.11 Å². The molecule has 4 aliphatic carbocycles. The minimum absolute atomic E-state index is 0.0399. The molecule has 4 fully saturated rings. The Bertz CT molecular complexity index is 959. The van der Waals surface area contributed by atoms with Crippen molar-refractivity contribution in [2.75, 3.05) is 0 Å². The molecule has 4 saturated carbocycles. The number of hydrogen-bond donors (Lipinski definition) is 1. The summed E-state index contributed by atoms with van der Waals surface area (Å²) in [5, 5.41) is 20.9. The number of benzene rings is 1. The largest absolute Gasteiger partial charge is 0.393 e. The van der Waals surface area contributed by atoms with Crippen LogP contribution in [0.4, 0.5) is 0 Å². The van der Waals surface area contributed by atoms with Crippen molar-refractivity contribution in [3.63, 3.8) is 0 Å². The molecule has 1 aromatic carbocycles. The van der Waals surface area contributed by atoms with E-state index < -0.39 is 0 Å². The van der Waals surface area contributed by atoms with Crippen LogP contribution in [0.15, 0.2) is 30.6 Å². The molecular weight excluding hydrogens is 368 g/mol. The van der Waals surface area contributed by atoms with Gasteiger partial charge in [0.25, 0.3) is 0 Å². The van der Waals surface area contributed by atoms with E-state index in [-0.39, 0.29) is 6.10 Å². The van der Waals surface area contributed by atoms with Gasteiger partial charge in [-0.1, -0.05) is 26.0 Å². The van der Waals surface area contributed by atoms with Crippen molar-refractivity contribution < 1.29 is 5.11 Å². The maximum atomic E-state index is 10.3. The number of aliphatic hydroxyl groups is 1. The van der Waals surface area contributed by atoms with Gasteiger partial charge in [0.1, 0.15) is 0 Å². The summed E-state index contributed by atoms with van der Waals surface area (Å²) >= 11 is 0. The van der Waals surface area contributed by atoms with Crippen LogP contribution in [0.2, 0.25) is 0 Å². The van der Waals surface area contributed by atoms with Crippen molar-refractivity contribution in [2.45, 2.75) is 83.7 Å². The molecule has 1 N–H and O–H groups in total. The van der Waals surface area contributed by atoms with Crippen LogP contribution in [0.25, 0.3) is 10.8 Å². The van der Waals surface area contributed by atoms with E-state index in [1.807, 2.05) is 12.4 Å². The van der Waals surface area contributed by atoms with Gasteiger partial charge < -0.3 is 5.11 Å². The Morgan fingerprint density at radius 1 is 0.833 bits per heavy atom. The van der Waals surface area contributed by atoms with Crippen LogP contribution in [0.1, 0.15) is 83.1 Å². The molecule has 30 heavy (non-hydrogen) atoms. The first-order valence-electron chi connectivity index (χ1n) is 12.4. The van der Waals surface area contributed by atoms with Gasteiger partial charge in [-0.15, -0.1) is 0 Å². The van der Waals surface area contributed by atoms with Crippen molar-refractivity contribution in [1.82, 2.24) is 10.2 Å². The smallest absolute Gasteiger partial charge is 0.0574 e. The summed E-state index contributed by atoms with van der Waals surface area (Å²) < 4.78 is 0. The Balaban J connectivity index is 1.31. The van der Waals surface area contributed by atoms with Gasteiger partial charge in [0.15, 0.2) is 0 Å². The maximum Gasteiger partial charge on any atom is 0.0574 e. The lowest BCUT2D eigenvalue weighted by Gasteiger charge is -2.61. The molecule has 8 atom stereocenters. The highest BCUT2D eigenvalue weighted by Crippen LogP contribution is 2.69. The fraction of sp³-hybridized carbons (Fsp3) is 0.704. The molecule has 6 rings (SSSR count). The van der Waals surface area contributed by atoms with E-state index in [1.165, 1.54) is 61.3 Å². The molecule has 4 aliphatic rings. The van der Waals surface area contributed by atoms with E-state index in [0.29, 0.717) is 16.7 Å². The second kappa shape index (κ2) is 6.76. The molecule has 1 heterocycles. The van der Waals surface area contributed by atoms with Crippen LogP contribution in [0, 0.1) is 34.5 Å². The zero-order valence-corrected chi connectivity index (χ0v) is 18.6. The van der Waals surface area contributed by atoms with Gasteiger partial charge in [0.2, 0.25) is 0 Å². The van der Waals surface area contributed by atoms with E-state index in [2.05, 4.69) is 42.2 Å². The third kappa shape index (κ3) is 2.66. The molecule has 160 valence electrons. The molecule has 0 saturated heterocycles. The molecule has 0 aliphatic heterocycles. The van der Waals surface area contributed by atoms with E-state index in [0.717, 1.165) is 36.5 Å². The summed E-state index contributed by atoms with van der Waals surface area (Å²) in [5.74, 6) is 4.09. The molecule has 3 nitrogen and oxygen atoms in total. The maximum absolute atomic E-state index is 10.3. The lowest BCUT2D eigenvalue weighted by molar-refractivity contribution is -0.122. The number of nitrogens with zero attached hydrogens (tertiary/aromatic N) is 2. The normalized spacial score (nSPS) is 45.6. The molecule has 3 heteroatoms. The Morgan fingerprint density at radius 2 is 1.60 bits per heavy atom. The summed E-state index contributed by atoms with van der Waals surface area (Å²) in [7, 11) is 0. The van der Waals surface area contributed by atoms with Gasteiger partial charge >= 0.3 is 0 Å². The highest BCUT2D eigenvalue weighted by atomic mass is 16.3. The third-order valence-electron chi connectivity index (χ3n) is 10.6. The predicted octanol–water partition coefficient (Wildman–Crippen LogP) is 6.12. The summed E-state index contributed by atoms with van der Waals surface area (Å²) in [4.78, 5) is 0. The second-order valence-corrected chi connectivity index (χ2v) is 11.6. The Labute approximate surface area is 180 Å². The predicted molar refractivity (Wildman–Crippen MR) is 120 cm³/mol. The molecule has 0 spiro atoms. The number of aromatic nitrogens is 2. The van der Waals surface area contributed by atoms with Crippen LogP contribution in [0.5, 0.6) is 0 Å². The molecule has 2 aromatic rings. The van der Waals surface area contributed by atoms with Crippen LogP contribution < -0.4 is 0 Å². The number of aliphatic hydroxyl groups excluding tert-OH is 1. The summed E-state index contributed by atoms with van der Waals surface area (Å²) in [6, 6.07) is 7.02. The fourth-order valence-corrected chi connectivity index (χ4v) is 9.01. The van der Waals surface area contributed by atoms with Crippen LogP contribution >= 0.6 is 0 Å². The van der Waals surface area contributed by atoms with Crippen molar-refractivity contribution in [2.24, 2.45) is 34.5 Å². The third-order valence-corrected chi connectivity index (χ3v) is 10.6. The van der Waals surface area contributed by atoms with Gasteiger partial charge in [0, 0.05) is 10.8 Å². The molecule has 0 bridgehead atoms. The summed E-state index contributed by atoms with van der Waals surface area (Å²) in [6.45, 7) is 5.22. The van der Waals surface area contributed by atoms with Gasteiger partial charge in [-0.3, -0.25) is 0 Å².